The first-order chi connectivity index (χ1) is 9.51. The molecule has 0 aliphatic carbocycles. The molecular formula is C13H9BrF2N2OS. The summed E-state index contributed by atoms with van der Waals surface area (Å²) in [6.07, 6.45) is 0. The van der Waals surface area contributed by atoms with Gasteiger partial charge in [-0.1, -0.05) is 32.8 Å². The van der Waals surface area contributed by atoms with Crippen LogP contribution in [0.25, 0.3) is 0 Å². The van der Waals surface area contributed by atoms with Crippen LogP contribution in [0.2, 0.25) is 0 Å². The van der Waals surface area contributed by atoms with Crippen LogP contribution in [0.5, 0.6) is 0 Å². The predicted octanol–water partition coefficient (Wildman–Crippen LogP) is 3.97. The normalized spacial score (nSPS) is 11.7. The zero-order chi connectivity index (χ0) is 14.7. The van der Waals surface area contributed by atoms with Gasteiger partial charge in [0.2, 0.25) is 0 Å². The third kappa shape index (κ3) is 3.29. The van der Waals surface area contributed by atoms with E-state index in [1.807, 2.05) is 0 Å². The number of oxime groups is 1. The molecule has 0 heterocycles. The maximum atomic E-state index is 13.2. The third-order valence-corrected chi connectivity index (χ3v) is 4.00. The van der Waals surface area contributed by atoms with Crippen LogP contribution >= 0.6 is 27.7 Å². The molecule has 0 bridgehead atoms. The molecule has 0 atom stereocenters. The van der Waals surface area contributed by atoms with Crippen LogP contribution in [-0.2, 0) is 0 Å². The molecule has 0 saturated carbocycles. The lowest BCUT2D eigenvalue weighted by Gasteiger charge is -2.09. The zero-order valence-electron chi connectivity index (χ0n) is 9.98. The number of nitrogens with two attached hydrogens (primary N) is 1. The van der Waals surface area contributed by atoms with Crippen molar-refractivity contribution in [3.05, 3.63) is 58.1 Å². The number of amidine groups is 1. The number of nitrogens with zero attached hydrogens (tertiary/aromatic N) is 1. The van der Waals surface area contributed by atoms with Crippen LogP contribution in [0.4, 0.5) is 8.78 Å². The summed E-state index contributed by atoms with van der Waals surface area (Å²) in [4.78, 5) is 1.17. The van der Waals surface area contributed by atoms with Crippen molar-refractivity contribution >= 4 is 33.5 Å². The molecule has 20 heavy (non-hydrogen) atoms. The van der Waals surface area contributed by atoms with Crippen LogP contribution in [0.1, 0.15) is 5.56 Å². The molecule has 0 radical (unpaired) electrons. The van der Waals surface area contributed by atoms with Gasteiger partial charge in [-0.3, -0.25) is 0 Å². The van der Waals surface area contributed by atoms with Gasteiger partial charge in [-0.15, -0.1) is 0 Å². The highest BCUT2D eigenvalue weighted by Crippen LogP contribution is 2.32. The quantitative estimate of drug-likeness (QED) is 0.377. The molecule has 0 fully saturated rings. The van der Waals surface area contributed by atoms with Crippen molar-refractivity contribution in [1.82, 2.24) is 0 Å². The molecule has 0 spiro atoms. The van der Waals surface area contributed by atoms with Crippen molar-refractivity contribution in [3.8, 4) is 0 Å². The van der Waals surface area contributed by atoms with E-state index in [9.17, 15) is 8.78 Å². The summed E-state index contributed by atoms with van der Waals surface area (Å²) in [5.74, 6) is -1.88. The average molecular weight is 359 g/mol. The molecule has 0 aliphatic rings. The van der Waals surface area contributed by atoms with Gasteiger partial charge < -0.3 is 10.9 Å². The maximum Gasteiger partial charge on any atom is 0.171 e. The molecule has 3 nitrogen and oxygen atoms in total. The highest BCUT2D eigenvalue weighted by Gasteiger charge is 2.11. The van der Waals surface area contributed by atoms with Gasteiger partial charge in [-0.25, -0.2) is 8.78 Å². The molecule has 0 saturated heterocycles. The lowest BCUT2D eigenvalue weighted by atomic mass is 10.2. The van der Waals surface area contributed by atoms with E-state index < -0.39 is 11.6 Å². The molecule has 2 aromatic carbocycles. The molecule has 0 aliphatic heterocycles. The van der Waals surface area contributed by atoms with E-state index in [0.29, 0.717) is 15.4 Å². The zero-order valence-corrected chi connectivity index (χ0v) is 12.4. The van der Waals surface area contributed by atoms with Gasteiger partial charge in [0.15, 0.2) is 17.5 Å². The number of hydrogen-bond donors (Lipinski definition) is 2. The average Bonchev–Trinajstić information content (AvgIpc) is 2.44. The predicted molar refractivity (Wildman–Crippen MR) is 77.1 cm³/mol. The first-order valence-electron chi connectivity index (χ1n) is 5.41. The highest BCUT2D eigenvalue weighted by atomic mass is 79.9. The van der Waals surface area contributed by atoms with Crippen molar-refractivity contribution in [2.24, 2.45) is 10.9 Å². The van der Waals surface area contributed by atoms with Gasteiger partial charge in [0, 0.05) is 19.8 Å². The Kier molecular flexibility index (Phi) is 4.61. The van der Waals surface area contributed by atoms with Gasteiger partial charge >= 0.3 is 0 Å². The Labute approximate surface area is 126 Å². The van der Waals surface area contributed by atoms with Crippen molar-refractivity contribution < 1.29 is 14.0 Å². The fraction of sp³-hybridized carbons (Fsp3) is 0. The second-order valence-electron chi connectivity index (χ2n) is 3.80. The van der Waals surface area contributed by atoms with Crippen LogP contribution in [0.3, 0.4) is 0 Å². The fourth-order valence-electron chi connectivity index (χ4n) is 1.51. The Balaban J connectivity index is 2.40. The van der Waals surface area contributed by atoms with E-state index in [-0.39, 0.29) is 5.84 Å². The minimum atomic E-state index is -0.919. The topological polar surface area (TPSA) is 58.6 Å². The maximum absolute atomic E-state index is 13.2. The monoisotopic (exact) mass is 358 g/mol. The molecule has 104 valence electrons. The molecular weight excluding hydrogens is 350 g/mol. The lowest BCUT2D eigenvalue weighted by molar-refractivity contribution is 0.318. The SMILES string of the molecule is N/C(=N/O)c1cc(Br)ccc1Sc1ccc(F)c(F)c1. The van der Waals surface area contributed by atoms with E-state index in [1.54, 1.807) is 18.2 Å². The molecule has 2 rings (SSSR count). The number of rotatable bonds is 3. The Morgan fingerprint density at radius 2 is 1.90 bits per heavy atom. The minimum absolute atomic E-state index is 0.0589. The molecule has 0 unspecified atom stereocenters. The smallest absolute Gasteiger partial charge is 0.171 e. The Hall–Kier alpha value is -1.60. The largest absolute Gasteiger partial charge is 0.409 e. The highest BCUT2D eigenvalue weighted by molar-refractivity contribution is 9.10. The van der Waals surface area contributed by atoms with Gasteiger partial charge in [-0.05, 0) is 36.4 Å². The number of hydrogen-bond acceptors (Lipinski definition) is 3. The standard InChI is InChI=1S/C13H9BrF2N2OS/c14-7-1-4-12(9(5-7)13(17)18-19)20-8-2-3-10(15)11(16)6-8/h1-6,19H,(H2,17,18). The summed E-state index contributed by atoms with van der Waals surface area (Å²) in [6.45, 7) is 0. The summed E-state index contributed by atoms with van der Waals surface area (Å²) in [5, 5.41) is 11.7. The van der Waals surface area contributed by atoms with Crippen LogP contribution in [-0.4, -0.2) is 11.0 Å². The van der Waals surface area contributed by atoms with Crippen molar-refractivity contribution in [2.75, 3.05) is 0 Å². The van der Waals surface area contributed by atoms with Crippen molar-refractivity contribution in [2.45, 2.75) is 9.79 Å². The second kappa shape index (κ2) is 6.23. The van der Waals surface area contributed by atoms with Crippen molar-refractivity contribution in [3.63, 3.8) is 0 Å². The van der Waals surface area contributed by atoms with Gasteiger partial charge in [-0.2, -0.15) is 0 Å². The van der Waals surface area contributed by atoms with Gasteiger partial charge in [0.1, 0.15) is 0 Å². The number of benzene rings is 2. The Morgan fingerprint density at radius 1 is 1.15 bits per heavy atom. The summed E-state index contributed by atoms with van der Waals surface area (Å²) in [5.41, 5.74) is 6.10. The molecule has 2 aromatic rings. The fourth-order valence-corrected chi connectivity index (χ4v) is 2.84. The summed E-state index contributed by atoms with van der Waals surface area (Å²) >= 11 is 4.48. The Bertz CT molecular complexity index is 679. The first kappa shape index (κ1) is 14.8. The molecule has 0 aromatic heterocycles. The van der Waals surface area contributed by atoms with Crippen molar-refractivity contribution in [1.29, 1.82) is 0 Å². The lowest BCUT2D eigenvalue weighted by Crippen LogP contribution is -2.14. The van der Waals surface area contributed by atoms with Crippen LogP contribution in [0.15, 0.2) is 55.8 Å². The van der Waals surface area contributed by atoms with Gasteiger partial charge in [0.05, 0.1) is 0 Å². The molecule has 3 N–H and O–H groups in total. The van der Waals surface area contributed by atoms with Crippen LogP contribution < -0.4 is 5.73 Å². The van der Waals surface area contributed by atoms with E-state index in [2.05, 4.69) is 21.1 Å². The van der Waals surface area contributed by atoms with E-state index >= 15 is 0 Å². The first-order valence-corrected chi connectivity index (χ1v) is 7.02. The Morgan fingerprint density at radius 3 is 2.55 bits per heavy atom. The van der Waals surface area contributed by atoms with E-state index in [1.165, 1.54) is 17.8 Å². The molecule has 0 amide bonds. The summed E-state index contributed by atoms with van der Waals surface area (Å²) < 4.78 is 26.8. The number of halogens is 3. The molecule has 7 heteroatoms. The summed E-state index contributed by atoms with van der Waals surface area (Å²) in [7, 11) is 0. The van der Waals surface area contributed by atoms with Crippen LogP contribution in [0, 0.1) is 11.6 Å². The third-order valence-electron chi connectivity index (χ3n) is 2.44. The van der Waals surface area contributed by atoms with E-state index in [0.717, 1.165) is 16.6 Å². The van der Waals surface area contributed by atoms with E-state index in [4.69, 9.17) is 10.9 Å². The second-order valence-corrected chi connectivity index (χ2v) is 5.83. The minimum Gasteiger partial charge on any atom is -0.409 e. The van der Waals surface area contributed by atoms with Gasteiger partial charge in [0.25, 0.3) is 0 Å². The summed E-state index contributed by atoms with van der Waals surface area (Å²) in [6, 6.07) is 8.80.